The van der Waals surface area contributed by atoms with E-state index in [9.17, 15) is 9.90 Å². The fraction of sp³-hybridized carbons (Fsp3) is 0.308. The van der Waals surface area contributed by atoms with Crippen molar-refractivity contribution in [3.05, 3.63) is 27.0 Å². The Hall–Kier alpha value is -1.74. The van der Waals surface area contributed by atoms with E-state index in [0.717, 1.165) is 16.2 Å². The van der Waals surface area contributed by atoms with E-state index in [4.69, 9.17) is 4.42 Å². The first-order chi connectivity index (χ1) is 10.4. The van der Waals surface area contributed by atoms with Crippen LogP contribution in [0.1, 0.15) is 18.5 Å². The molecule has 0 bridgehead atoms. The fourth-order valence-electron chi connectivity index (χ4n) is 1.60. The predicted octanol–water partition coefficient (Wildman–Crippen LogP) is 3.01. The van der Waals surface area contributed by atoms with Gasteiger partial charge in [-0.2, -0.15) is 0 Å². The van der Waals surface area contributed by atoms with E-state index >= 15 is 0 Å². The molecule has 2 aromatic rings. The van der Waals surface area contributed by atoms with Gasteiger partial charge < -0.3 is 14.4 Å². The molecule has 2 aromatic heterocycles. The Bertz CT molecular complexity index is 708. The first kappa shape index (κ1) is 16.6. The minimum absolute atomic E-state index is 0.0770. The highest BCUT2D eigenvalue weighted by atomic mass is 79.9. The molecule has 2 heterocycles. The molecule has 0 fully saturated rings. The van der Waals surface area contributed by atoms with Crippen LogP contribution in [0.2, 0.25) is 0 Å². The maximum absolute atomic E-state index is 11.4. The van der Waals surface area contributed by atoms with Crippen LogP contribution in [0.15, 0.2) is 25.0 Å². The van der Waals surface area contributed by atoms with E-state index in [2.05, 4.69) is 31.1 Å². The zero-order valence-corrected chi connectivity index (χ0v) is 14.7. The van der Waals surface area contributed by atoms with Gasteiger partial charge in [-0.1, -0.05) is 6.92 Å². The van der Waals surface area contributed by atoms with Gasteiger partial charge in [0.2, 0.25) is 11.0 Å². The van der Waals surface area contributed by atoms with Crippen molar-refractivity contribution in [2.75, 3.05) is 19.0 Å². The van der Waals surface area contributed by atoms with E-state index in [-0.39, 0.29) is 4.91 Å². The third-order valence-electron chi connectivity index (χ3n) is 2.63. The standard InChI is InChI=1S/C13H15BrN4O3S/c1-4-10-15-13(17-16-10)22-9(12(19)20)6-7-5-8(14)11(21-7)18(2)3/h5-6H,4H2,1-3H3,(H,19,20)(H,15,16,17)/b9-6-. The summed E-state index contributed by atoms with van der Waals surface area (Å²) in [7, 11) is 3.67. The normalized spacial score (nSPS) is 11.7. The maximum atomic E-state index is 11.4. The molecule has 2 rings (SSSR count). The Kier molecular flexibility index (Phi) is 5.30. The summed E-state index contributed by atoms with van der Waals surface area (Å²) in [6.45, 7) is 1.94. The lowest BCUT2D eigenvalue weighted by Crippen LogP contribution is -2.07. The monoisotopic (exact) mass is 386 g/mol. The summed E-state index contributed by atoms with van der Waals surface area (Å²) in [6, 6.07) is 1.72. The largest absolute Gasteiger partial charge is 0.477 e. The van der Waals surface area contributed by atoms with Crippen LogP contribution in [0.4, 0.5) is 5.88 Å². The second-order valence-corrected chi connectivity index (χ2v) is 6.39. The van der Waals surface area contributed by atoms with Gasteiger partial charge in [0, 0.05) is 32.7 Å². The zero-order valence-electron chi connectivity index (χ0n) is 12.3. The summed E-state index contributed by atoms with van der Waals surface area (Å²) in [5, 5.41) is 16.4. The van der Waals surface area contributed by atoms with Crippen LogP contribution in [0.3, 0.4) is 0 Å². The number of aromatic amines is 1. The fourth-order valence-corrected chi connectivity index (χ4v) is 2.96. The number of thioether (sulfide) groups is 1. The molecule has 2 N–H and O–H groups in total. The number of carbonyl (C=O) groups is 1. The van der Waals surface area contributed by atoms with Gasteiger partial charge >= 0.3 is 5.97 Å². The minimum Gasteiger partial charge on any atom is -0.477 e. The van der Waals surface area contributed by atoms with Crippen LogP contribution < -0.4 is 4.90 Å². The molecule has 0 atom stereocenters. The third-order valence-corrected chi connectivity index (χ3v) is 4.07. The van der Waals surface area contributed by atoms with Crippen LogP contribution in [-0.2, 0) is 11.2 Å². The SMILES string of the molecule is CCc1nc(S/C(=C\c2cc(Br)c(N(C)C)o2)C(=O)O)n[nH]1. The van der Waals surface area contributed by atoms with Gasteiger partial charge in [0.1, 0.15) is 16.5 Å². The van der Waals surface area contributed by atoms with Crippen molar-refractivity contribution in [1.82, 2.24) is 15.2 Å². The van der Waals surface area contributed by atoms with Crippen LogP contribution in [-0.4, -0.2) is 40.4 Å². The van der Waals surface area contributed by atoms with Crippen molar-refractivity contribution in [3.63, 3.8) is 0 Å². The van der Waals surface area contributed by atoms with Gasteiger partial charge in [-0.15, -0.1) is 5.10 Å². The summed E-state index contributed by atoms with van der Waals surface area (Å²) in [6.07, 6.45) is 2.16. The Morgan fingerprint density at radius 3 is 2.82 bits per heavy atom. The summed E-state index contributed by atoms with van der Waals surface area (Å²) < 4.78 is 6.35. The van der Waals surface area contributed by atoms with Crippen LogP contribution >= 0.6 is 27.7 Å². The molecule has 22 heavy (non-hydrogen) atoms. The predicted molar refractivity (Wildman–Crippen MR) is 88.0 cm³/mol. The van der Waals surface area contributed by atoms with Gasteiger partial charge in [-0.25, -0.2) is 9.78 Å². The number of anilines is 1. The molecule has 9 heteroatoms. The number of hydrogen-bond donors (Lipinski definition) is 2. The first-order valence-electron chi connectivity index (χ1n) is 6.41. The number of nitrogens with one attached hydrogen (secondary N) is 1. The number of carboxylic acids is 1. The van der Waals surface area contributed by atoms with Crippen molar-refractivity contribution in [1.29, 1.82) is 0 Å². The lowest BCUT2D eigenvalue weighted by Gasteiger charge is -2.07. The smallest absolute Gasteiger partial charge is 0.342 e. The molecule has 0 saturated heterocycles. The summed E-state index contributed by atoms with van der Waals surface area (Å²) in [4.78, 5) is 17.4. The summed E-state index contributed by atoms with van der Waals surface area (Å²) in [5.74, 6) is 0.702. The zero-order chi connectivity index (χ0) is 16.3. The lowest BCUT2D eigenvalue weighted by molar-refractivity contribution is -0.131. The highest BCUT2D eigenvalue weighted by Crippen LogP contribution is 2.32. The average molecular weight is 387 g/mol. The van der Waals surface area contributed by atoms with E-state index in [1.54, 1.807) is 11.0 Å². The van der Waals surface area contributed by atoms with Crippen molar-refractivity contribution >= 4 is 45.6 Å². The van der Waals surface area contributed by atoms with Crippen molar-refractivity contribution in [3.8, 4) is 0 Å². The molecule has 0 saturated carbocycles. The van der Waals surface area contributed by atoms with Crippen LogP contribution in [0.5, 0.6) is 0 Å². The number of furan rings is 1. The number of aromatic nitrogens is 3. The topological polar surface area (TPSA) is 95.2 Å². The second-order valence-electron chi connectivity index (χ2n) is 4.53. The molecule has 0 aliphatic carbocycles. The molecular formula is C13H15BrN4O3S. The number of nitrogens with zero attached hydrogens (tertiary/aromatic N) is 3. The number of halogens is 1. The molecule has 7 nitrogen and oxygen atoms in total. The Morgan fingerprint density at radius 1 is 1.59 bits per heavy atom. The third kappa shape index (κ3) is 3.92. The van der Waals surface area contributed by atoms with E-state index in [1.807, 2.05) is 21.0 Å². The van der Waals surface area contributed by atoms with Crippen LogP contribution in [0.25, 0.3) is 6.08 Å². The molecule has 0 aromatic carbocycles. The first-order valence-corrected chi connectivity index (χ1v) is 8.02. The van der Waals surface area contributed by atoms with E-state index in [0.29, 0.717) is 29.0 Å². The maximum Gasteiger partial charge on any atom is 0.342 e. The number of carboxylic acid groups (broad SMARTS) is 1. The minimum atomic E-state index is -1.06. The van der Waals surface area contributed by atoms with Gasteiger partial charge in [0.15, 0.2) is 0 Å². The van der Waals surface area contributed by atoms with Crippen molar-refractivity contribution < 1.29 is 14.3 Å². The van der Waals surface area contributed by atoms with Crippen molar-refractivity contribution in [2.24, 2.45) is 0 Å². The molecule has 0 aliphatic heterocycles. The number of rotatable bonds is 6. The Morgan fingerprint density at radius 2 is 2.32 bits per heavy atom. The van der Waals surface area contributed by atoms with Crippen molar-refractivity contribution in [2.45, 2.75) is 18.5 Å². The molecule has 0 radical (unpaired) electrons. The molecule has 0 unspecified atom stereocenters. The number of H-pyrrole nitrogens is 1. The lowest BCUT2D eigenvalue weighted by atomic mass is 10.4. The molecule has 0 amide bonds. The number of aliphatic carboxylic acids is 1. The highest BCUT2D eigenvalue weighted by Gasteiger charge is 2.16. The average Bonchev–Trinajstić information content (AvgIpc) is 3.04. The van der Waals surface area contributed by atoms with E-state index < -0.39 is 5.97 Å². The van der Waals surface area contributed by atoms with E-state index in [1.165, 1.54) is 6.08 Å². The van der Waals surface area contributed by atoms with Gasteiger partial charge in [0.05, 0.1) is 4.47 Å². The Balaban J connectivity index is 2.27. The number of hydrogen-bond acceptors (Lipinski definition) is 6. The Labute approximate surface area is 139 Å². The second kappa shape index (κ2) is 7.01. The van der Waals surface area contributed by atoms with Gasteiger partial charge in [-0.05, 0) is 27.7 Å². The highest BCUT2D eigenvalue weighted by molar-refractivity contribution is 9.10. The van der Waals surface area contributed by atoms with Crippen LogP contribution in [0, 0.1) is 0 Å². The number of aryl methyl sites for hydroxylation is 1. The molecule has 0 aliphatic rings. The molecule has 0 spiro atoms. The van der Waals surface area contributed by atoms with Gasteiger partial charge in [0.25, 0.3) is 0 Å². The molecule has 118 valence electrons. The summed E-state index contributed by atoms with van der Waals surface area (Å²) >= 11 is 4.35. The quantitative estimate of drug-likeness (QED) is 0.581. The molecular weight excluding hydrogens is 372 g/mol. The van der Waals surface area contributed by atoms with Gasteiger partial charge in [-0.3, -0.25) is 5.10 Å². The summed E-state index contributed by atoms with van der Waals surface area (Å²) in [5.41, 5.74) is 0.